The number of carbonyl (C=O) groups is 2. The number of hydrogen-bond donors (Lipinski definition) is 1. The molecule has 0 aliphatic carbocycles. The van der Waals surface area contributed by atoms with E-state index in [1.54, 1.807) is 31.4 Å². The molecule has 0 aliphatic heterocycles. The minimum atomic E-state index is -0.247. The molecule has 34 heavy (non-hydrogen) atoms. The average molecular weight is 458 g/mol. The molecule has 0 radical (unpaired) electrons. The van der Waals surface area contributed by atoms with Crippen molar-refractivity contribution in [3.63, 3.8) is 0 Å². The first kappa shape index (κ1) is 23.3. The van der Waals surface area contributed by atoms with Crippen LogP contribution in [-0.2, 0) is 27.3 Å². The van der Waals surface area contributed by atoms with Gasteiger partial charge in [0.1, 0.15) is 12.4 Å². The van der Waals surface area contributed by atoms with Gasteiger partial charge in [-0.25, -0.2) is 0 Å². The third kappa shape index (κ3) is 5.71. The van der Waals surface area contributed by atoms with Gasteiger partial charge in [-0.05, 0) is 54.3 Å². The minimum Gasteiger partial charge on any atom is -0.468 e. The van der Waals surface area contributed by atoms with E-state index in [0.29, 0.717) is 29.8 Å². The Hall–Kier alpha value is -3.90. The summed E-state index contributed by atoms with van der Waals surface area (Å²) in [5.41, 5.74) is 3.87. The molecule has 0 atom stereocenters. The second kappa shape index (κ2) is 11.3. The van der Waals surface area contributed by atoms with E-state index in [2.05, 4.69) is 4.98 Å². The van der Waals surface area contributed by atoms with Crippen molar-refractivity contribution in [3.8, 4) is 5.75 Å². The van der Waals surface area contributed by atoms with Gasteiger partial charge in [0.25, 0.3) is 0 Å². The van der Waals surface area contributed by atoms with Crippen molar-refractivity contribution in [3.05, 3.63) is 101 Å². The molecule has 0 aliphatic rings. The van der Waals surface area contributed by atoms with Crippen LogP contribution in [0.15, 0.2) is 78.9 Å². The van der Waals surface area contributed by atoms with Crippen molar-refractivity contribution in [1.82, 2.24) is 4.98 Å². The number of aromatic amines is 1. The highest BCUT2D eigenvalue weighted by Crippen LogP contribution is 2.27. The maximum Gasteiger partial charge on any atom is 0.306 e. The van der Waals surface area contributed by atoms with E-state index in [0.717, 1.165) is 22.0 Å². The van der Waals surface area contributed by atoms with Gasteiger partial charge in [-0.1, -0.05) is 48.5 Å². The van der Waals surface area contributed by atoms with Crippen molar-refractivity contribution in [2.45, 2.75) is 25.9 Å². The first-order valence-corrected chi connectivity index (χ1v) is 11.2. The molecular weight excluding hydrogens is 430 g/mol. The Balaban J connectivity index is 1.44. The molecule has 0 fully saturated rings. The zero-order chi connectivity index (χ0) is 23.8. The SMILES string of the molecule is COCOc1ccc(C(=O)c2[nH]c3ccccc3c2CCCC(=O)OCc2ccccc2)cc1. The predicted molar refractivity (Wildman–Crippen MR) is 130 cm³/mol. The second-order valence-corrected chi connectivity index (χ2v) is 7.93. The normalized spacial score (nSPS) is 10.9. The molecule has 6 nitrogen and oxygen atoms in total. The molecule has 0 saturated heterocycles. The zero-order valence-corrected chi connectivity index (χ0v) is 19.1. The predicted octanol–water partition coefficient (Wildman–Crippen LogP) is 5.45. The van der Waals surface area contributed by atoms with Crippen LogP contribution in [0.5, 0.6) is 5.75 Å². The molecule has 1 aromatic heterocycles. The van der Waals surface area contributed by atoms with E-state index in [1.165, 1.54) is 0 Å². The van der Waals surface area contributed by atoms with Gasteiger partial charge in [0.2, 0.25) is 5.78 Å². The number of carbonyl (C=O) groups excluding carboxylic acids is 2. The summed E-state index contributed by atoms with van der Waals surface area (Å²) in [5.74, 6) is 0.281. The van der Waals surface area contributed by atoms with Crippen LogP contribution < -0.4 is 4.74 Å². The van der Waals surface area contributed by atoms with Gasteiger partial charge < -0.3 is 19.2 Å². The number of aryl methyl sites for hydroxylation is 1. The molecule has 0 spiro atoms. The number of ether oxygens (including phenoxy) is 3. The molecule has 174 valence electrons. The zero-order valence-electron chi connectivity index (χ0n) is 19.1. The van der Waals surface area contributed by atoms with Crippen LogP contribution in [0.25, 0.3) is 10.9 Å². The van der Waals surface area contributed by atoms with Crippen LogP contribution in [0.3, 0.4) is 0 Å². The molecule has 0 amide bonds. The summed E-state index contributed by atoms with van der Waals surface area (Å²) < 4.78 is 15.7. The molecule has 6 heteroatoms. The summed E-state index contributed by atoms with van der Waals surface area (Å²) in [7, 11) is 1.55. The number of methoxy groups -OCH3 is 1. The van der Waals surface area contributed by atoms with Gasteiger partial charge in [0.05, 0.1) is 5.69 Å². The van der Waals surface area contributed by atoms with E-state index in [-0.39, 0.29) is 31.6 Å². The lowest BCUT2D eigenvalue weighted by atomic mass is 9.99. The topological polar surface area (TPSA) is 77.6 Å². The lowest BCUT2D eigenvalue weighted by Crippen LogP contribution is -2.08. The summed E-state index contributed by atoms with van der Waals surface area (Å²) in [5, 5.41) is 0.989. The standard InChI is InChI=1S/C28H27NO5/c1-32-19-34-22-16-14-21(15-17-22)28(31)27-24(23-10-5-6-12-25(23)29-27)11-7-13-26(30)33-18-20-8-3-2-4-9-20/h2-6,8-10,12,14-17,29H,7,11,13,18-19H2,1H3. The lowest BCUT2D eigenvalue weighted by molar-refractivity contribution is -0.145. The van der Waals surface area contributed by atoms with Crippen LogP contribution in [0.2, 0.25) is 0 Å². The molecule has 1 N–H and O–H groups in total. The Morgan fingerprint density at radius 1 is 0.882 bits per heavy atom. The highest BCUT2D eigenvalue weighted by Gasteiger charge is 2.19. The van der Waals surface area contributed by atoms with Gasteiger partial charge in [-0.15, -0.1) is 0 Å². The summed E-state index contributed by atoms with van der Waals surface area (Å²) in [6.07, 6.45) is 1.45. The van der Waals surface area contributed by atoms with Crippen LogP contribution in [0.4, 0.5) is 0 Å². The van der Waals surface area contributed by atoms with Gasteiger partial charge in [0.15, 0.2) is 6.79 Å². The number of para-hydroxylation sites is 1. The summed E-state index contributed by atoms with van der Waals surface area (Å²) in [6.45, 7) is 0.411. The Morgan fingerprint density at radius 3 is 2.38 bits per heavy atom. The fourth-order valence-electron chi connectivity index (χ4n) is 3.85. The van der Waals surface area contributed by atoms with E-state index in [9.17, 15) is 9.59 Å². The highest BCUT2D eigenvalue weighted by molar-refractivity contribution is 6.11. The summed E-state index contributed by atoms with van der Waals surface area (Å²) >= 11 is 0. The lowest BCUT2D eigenvalue weighted by Gasteiger charge is -2.08. The first-order valence-electron chi connectivity index (χ1n) is 11.2. The first-order chi connectivity index (χ1) is 16.7. The number of H-pyrrole nitrogens is 1. The van der Waals surface area contributed by atoms with Crippen molar-refractivity contribution in [2.24, 2.45) is 0 Å². The van der Waals surface area contributed by atoms with Crippen LogP contribution in [-0.4, -0.2) is 30.6 Å². The fourth-order valence-corrected chi connectivity index (χ4v) is 3.85. The van der Waals surface area contributed by atoms with Crippen LogP contribution >= 0.6 is 0 Å². The number of esters is 1. The minimum absolute atomic E-state index is 0.101. The van der Waals surface area contributed by atoms with Crippen LogP contribution in [0, 0.1) is 0 Å². The Labute approximate surface area is 198 Å². The summed E-state index contributed by atoms with van der Waals surface area (Å²) in [6, 6.07) is 24.4. The Bertz CT molecular complexity index is 1250. The van der Waals surface area contributed by atoms with Crippen molar-refractivity contribution in [1.29, 1.82) is 0 Å². The molecule has 0 unspecified atom stereocenters. The van der Waals surface area contributed by atoms with Crippen molar-refractivity contribution < 1.29 is 23.8 Å². The Morgan fingerprint density at radius 2 is 1.62 bits per heavy atom. The molecular formula is C28H27NO5. The van der Waals surface area contributed by atoms with E-state index >= 15 is 0 Å². The third-order valence-electron chi connectivity index (χ3n) is 5.55. The number of fused-ring (bicyclic) bond motifs is 1. The average Bonchev–Trinajstić information content (AvgIpc) is 3.25. The smallest absolute Gasteiger partial charge is 0.306 e. The highest BCUT2D eigenvalue weighted by atomic mass is 16.7. The quantitative estimate of drug-likeness (QED) is 0.184. The fraction of sp³-hybridized carbons (Fsp3) is 0.214. The maximum absolute atomic E-state index is 13.3. The molecule has 0 bridgehead atoms. The molecule has 3 aromatic carbocycles. The largest absolute Gasteiger partial charge is 0.468 e. The maximum atomic E-state index is 13.3. The number of rotatable bonds is 11. The van der Waals surface area contributed by atoms with Crippen LogP contribution in [0.1, 0.15) is 40.0 Å². The van der Waals surface area contributed by atoms with Gasteiger partial charge in [-0.3, -0.25) is 9.59 Å². The number of hydrogen-bond acceptors (Lipinski definition) is 5. The molecule has 4 aromatic rings. The third-order valence-corrected chi connectivity index (χ3v) is 5.55. The molecule has 0 saturated carbocycles. The second-order valence-electron chi connectivity index (χ2n) is 7.93. The monoisotopic (exact) mass is 457 g/mol. The molecule has 4 rings (SSSR count). The van der Waals surface area contributed by atoms with Gasteiger partial charge >= 0.3 is 5.97 Å². The van der Waals surface area contributed by atoms with Gasteiger partial charge in [-0.2, -0.15) is 0 Å². The van der Waals surface area contributed by atoms with E-state index in [4.69, 9.17) is 14.2 Å². The van der Waals surface area contributed by atoms with Crippen molar-refractivity contribution in [2.75, 3.05) is 13.9 Å². The number of nitrogens with one attached hydrogen (secondary N) is 1. The van der Waals surface area contributed by atoms with E-state index in [1.807, 2.05) is 54.6 Å². The molecule has 1 heterocycles. The van der Waals surface area contributed by atoms with E-state index < -0.39 is 0 Å². The number of ketones is 1. The van der Waals surface area contributed by atoms with Gasteiger partial charge in [0, 0.05) is 30.0 Å². The number of benzene rings is 3. The Kier molecular flexibility index (Phi) is 7.73. The number of aromatic nitrogens is 1. The van der Waals surface area contributed by atoms with Crippen molar-refractivity contribution >= 4 is 22.7 Å². The summed E-state index contributed by atoms with van der Waals surface area (Å²) in [4.78, 5) is 28.8.